The highest BCUT2D eigenvalue weighted by Crippen LogP contribution is 2.25. The molecule has 4 nitrogen and oxygen atoms in total. The molecule has 1 saturated heterocycles. The first-order valence-corrected chi connectivity index (χ1v) is 8.33. The number of carbonyl (C=O) groups excluding carboxylic acids is 1. The average Bonchev–Trinajstić information content (AvgIpc) is 3.19. The maximum absolute atomic E-state index is 11.8. The van der Waals surface area contributed by atoms with E-state index < -0.39 is 5.54 Å². The van der Waals surface area contributed by atoms with Crippen molar-refractivity contribution in [3.05, 3.63) is 0 Å². The lowest BCUT2D eigenvalue weighted by Crippen LogP contribution is -2.60. The third-order valence-corrected chi connectivity index (χ3v) is 4.82. The topological polar surface area (TPSA) is 58.4 Å². The second-order valence-corrected chi connectivity index (χ2v) is 6.98. The Bertz CT molecular complexity index is 330. The van der Waals surface area contributed by atoms with Crippen molar-refractivity contribution in [1.29, 1.82) is 0 Å². The Morgan fingerprint density at radius 1 is 1.30 bits per heavy atom. The van der Waals surface area contributed by atoms with Gasteiger partial charge in [0.15, 0.2) is 0 Å². The number of carbonyl (C=O) groups is 1. The van der Waals surface area contributed by atoms with Gasteiger partial charge in [0.1, 0.15) is 5.54 Å². The minimum absolute atomic E-state index is 0.209. The predicted molar refractivity (Wildman–Crippen MR) is 82.4 cm³/mol. The molecular weight excluding hydrogens is 250 g/mol. The van der Waals surface area contributed by atoms with Crippen LogP contribution in [0.4, 0.5) is 0 Å². The van der Waals surface area contributed by atoms with Gasteiger partial charge < -0.3 is 10.6 Å². The van der Waals surface area contributed by atoms with Gasteiger partial charge in [-0.3, -0.25) is 10.1 Å². The number of hydrogen-bond donors (Lipinski definition) is 2. The van der Waals surface area contributed by atoms with E-state index >= 15 is 0 Å². The van der Waals surface area contributed by atoms with Crippen molar-refractivity contribution in [3.8, 4) is 0 Å². The van der Waals surface area contributed by atoms with Gasteiger partial charge >= 0.3 is 0 Å². The van der Waals surface area contributed by atoms with Crippen molar-refractivity contribution >= 4 is 5.91 Å². The average molecular weight is 281 g/mol. The molecule has 4 heteroatoms. The Labute approximate surface area is 123 Å². The summed E-state index contributed by atoms with van der Waals surface area (Å²) < 4.78 is 0. The largest absolute Gasteiger partial charge is 0.368 e. The van der Waals surface area contributed by atoms with Crippen LogP contribution in [-0.2, 0) is 4.79 Å². The van der Waals surface area contributed by atoms with E-state index in [1.54, 1.807) is 0 Å². The standard InChI is InChI=1S/C16H31N3O/c1-3-5-13-6-4-10-19(11-9-13)12-16(2,15(17)20)18-14-7-8-14/h13-14,18H,3-12H2,1-2H3,(H2,17,20). The van der Waals surface area contributed by atoms with Crippen molar-refractivity contribution in [2.45, 2.75) is 70.4 Å². The molecule has 0 bridgehead atoms. The Hall–Kier alpha value is -0.610. The van der Waals surface area contributed by atoms with Crippen LogP contribution >= 0.6 is 0 Å². The van der Waals surface area contributed by atoms with Crippen molar-refractivity contribution < 1.29 is 4.79 Å². The summed E-state index contributed by atoms with van der Waals surface area (Å²) in [6.07, 6.45) is 8.86. The second-order valence-electron chi connectivity index (χ2n) is 6.98. The molecule has 1 aliphatic carbocycles. The molecule has 0 aromatic heterocycles. The zero-order chi connectivity index (χ0) is 14.6. The van der Waals surface area contributed by atoms with Crippen LogP contribution in [0.5, 0.6) is 0 Å². The van der Waals surface area contributed by atoms with Gasteiger partial charge in [-0.05, 0) is 58.0 Å². The first-order chi connectivity index (χ1) is 9.53. The number of hydrogen-bond acceptors (Lipinski definition) is 3. The molecule has 20 heavy (non-hydrogen) atoms. The van der Waals surface area contributed by atoms with Crippen molar-refractivity contribution in [2.24, 2.45) is 11.7 Å². The molecule has 2 unspecified atom stereocenters. The molecule has 1 heterocycles. The first-order valence-electron chi connectivity index (χ1n) is 8.33. The van der Waals surface area contributed by atoms with Crippen LogP contribution in [0.2, 0.25) is 0 Å². The smallest absolute Gasteiger partial charge is 0.238 e. The Kier molecular flexibility index (Phi) is 5.44. The number of amides is 1. The molecule has 0 spiro atoms. The quantitative estimate of drug-likeness (QED) is 0.749. The lowest BCUT2D eigenvalue weighted by molar-refractivity contribution is -0.124. The maximum atomic E-state index is 11.8. The molecule has 116 valence electrons. The monoisotopic (exact) mass is 281 g/mol. The van der Waals surface area contributed by atoms with Gasteiger partial charge in [-0.1, -0.05) is 19.8 Å². The summed E-state index contributed by atoms with van der Waals surface area (Å²) in [5.74, 6) is 0.667. The summed E-state index contributed by atoms with van der Waals surface area (Å²) in [4.78, 5) is 14.3. The van der Waals surface area contributed by atoms with E-state index in [4.69, 9.17) is 5.73 Å². The summed E-state index contributed by atoms with van der Waals surface area (Å²) in [7, 11) is 0. The molecule has 0 aromatic carbocycles. The number of likely N-dealkylation sites (tertiary alicyclic amines) is 1. The van der Waals surface area contributed by atoms with Crippen LogP contribution in [0.3, 0.4) is 0 Å². The Balaban J connectivity index is 1.87. The second kappa shape index (κ2) is 6.90. The first kappa shape index (κ1) is 15.8. The summed E-state index contributed by atoms with van der Waals surface area (Å²) in [5, 5.41) is 3.45. The number of nitrogens with two attached hydrogens (primary N) is 1. The molecule has 3 N–H and O–H groups in total. The van der Waals surface area contributed by atoms with Crippen molar-refractivity contribution in [2.75, 3.05) is 19.6 Å². The van der Waals surface area contributed by atoms with Crippen LogP contribution < -0.4 is 11.1 Å². The van der Waals surface area contributed by atoms with Crippen LogP contribution in [0, 0.1) is 5.92 Å². The van der Waals surface area contributed by atoms with Crippen LogP contribution in [0.25, 0.3) is 0 Å². The van der Waals surface area contributed by atoms with Gasteiger partial charge in [-0.15, -0.1) is 0 Å². The molecule has 0 radical (unpaired) electrons. The summed E-state index contributed by atoms with van der Waals surface area (Å²) in [5.41, 5.74) is 5.09. The Morgan fingerprint density at radius 2 is 2.05 bits per heavy atom. The zero-order valence-corrected chi connectivity index (χ0v) is 13.2. The fourth-order valence-electron chi connectivity index (χ4n) is 3.40. The molecule has 0 aromatic rings. The van der Waals surface area contributed by atoms with Crippen molar-refractivity contribution in [1.82, 2.24) is 10.2 Å². The number of primary amides is 1. The molecule has 2 atom stereocenters. The normalized spacial score (nSPS) is 27.8. The SMILES string of the molecule is CCCC1CCCN(CC(C)(NC2CC2)C(N)=O)CC1. The molecule has 2 rings (SSSR count). The van der Waals surface area contributed by atoms with Gasteiger partial charge in [0.05, 0.1) is 0 Å². The molecular formula is C16H31N3O. The lowest BCUT2D eigenvalue weighted by atomic mass is 9.96. The lowest BCUT2D eigenvalue weighted by Gasteiger charge is -2.33. The summed E-state index contributed by atoms with van der Waals surface area (Å²) in [6, 6.07) is 0.507. The van der Waals surface area contributed by atoms with E-state index in [1.807, 2.05) is 6.92 Å². The zero-order valence-electron chi connectivity index (χ0n) is 13.2. The van der Waals surface area contributed by atoms with Gasteiger partial charge in [0.2, 0.25) is 5.91 Å². The van der Waals surface area contributed by atoms with E-state index in [2.05, 4.69) is 17.1 Å². The molecule has 2 fully saturated rings. The van der Waals surface area contributed by atoms with Crippen molar-refractivity contribution in [3.63, 3.8) is 0 Å². The Morgan fingerprint density at radius 3 is 2.65 bits per heavy atom. The predicted octanol–water partition coefficient (Wildman–Crippen LogP) is 1.88. The van der Waals surface area contributed by atoms with Crippen LogP contribution in [0.1, 0.15) is 58.8 Å². The third-order valence-electron chi connectivity index (χ3n) is 4.82. The highest BCUT2D eigenvalue weighted by molar-refractivity contribution is 5.84. The minimum Gasteiger partial charge on any atom is -0.368 e. The number of nitrogens with zero attached hydrogens (tertiary/aromatic N) is 1. The summed E-state index contributed by atoms with van der Waals surface area (Å²) >= 11 is 0. The van der Waals surface area contributed by atoms with E-state index in [-0.39, 0.29) is 5.91 Å². The van der Waals surface area contributed by atoms with Crippen LogP contribution in [-0.4, -0.2) is 42.0 Å². The van der Waals surface area contributed by atoms with Gasteiger partial charge in [0.25, 0.3) is 0 Å². The molecule has 1 aliphatic heterocycles. The van der Waals surface area contributed by atoms with Gasteiger partial charge in [0, 0.05) is 12.6 Å². The van der Waals surface area contributed by atoms with E-state index in [9.17, 15) is 4.79 Å². The molecule has 2 aliphatic rings. The number of nitrogens with one attached hydrogen (secondary N) is 1. The molecule has 1 saturated carbocycles. The third kappa shape index (κ3) is 4.45. The van der Waals surface area contributed by atoms with Gasteiger partial charge in [-0.25, -0.2) is 0 Å². The highest BCUT2D eigenvalue weighted by Gasteiger charge is 2.38. The fraction of sp³-hybridized carbons (Fsp3) is 0.938. The molecule has 1 amide bonds. The summed E-state index contributed by atoms with van der Waals surface area (Å²) in [6.45, 7) is 7.22. The van der Waals surface area contributed by atoms with Crippen LogP contribution in [0.15, 0.2) is 0 Å². The van der Waals surface area contributed by atoms with E-state index in [0.29, 0.717) is 6.04 Å². The van der Waals surface area contributed by atoms with Gasteiger partial charge in [-0.2, -0.15) is 0 Å². The minimum atomic E-state index is -0.564. The fourth-order valence-corrected chi connectivity index (χ4v) is 3.40. The maximum Gasteiger partial charge on any atom is 0.238 e. The number of rotatable bonds is 7. The van der Waals surface area contributed by atoms with E-state index in [0.717, 1.165) is 25.6 Å². The van der Waals surface area contributed by atoms with E-state index in [1.165, 1.54) is 44.9 Å². The highest BCUT2D eigenvalue weighted by atomic mass is 16.1.